The third kappa shape index (κ3) is 3.82. The maximum absolute atomic E-state index is 12.7. The Hall–Kier alpha value is -2.82. The van der Waals surface area contributed by atoms with Crippen molar-refractivity contribution in [3.63, 3.8) is 0 Å². The minimum Gasteiger partial charge on any atom is -0.353 e. The highest BCUT2D eigenvalue weighted by molar-refractivity contribution is 5.81. The SMILES string of the molecule is N#Cc1ccc(N2CCN(C(=O)[C@H]3CCCN(C(N)=O)C3)CC2)nc1. The number of piperidine rings is 1. The molecule has 25 heavy (non-hydrogen) atoms. The van der Waals surface area contributed by atoms with E-state index in [1.54, 1.807) is 17.2 Å². The van der Waals surface area contributed by atoms with Crippen LogP contribution in [0.5, 0.6) is 0 Å². The Morgan fingerprint density at radius 3 is 2.52 bits per heavy atom. The van der Waals surface area contributed by atoms with Gasteiger partial charge in [0.1, 0.15) is 11.9 Å². The van der Waals surface area contributed by atoms with Gasteiger partial charge >= 0.3 is 6.03 Å². The van der Waals surface area contributed by atoms with Crippen molar-refractivity contribution in [2.24, 2.45) is 11.7 Å². The molecule has 132 valence electrons. The Balaban J connectivity index is 1.55. The molecule has 2 fully saturated rings. The van der Waals surface area contributed by atoms with Gasteiger partial charge in [-0.2, -0.15) is 5.26 Å². The van der Waals surface area contributed by atoms with E-state index in [0.717, 1.165) is 18.7 Å². The van der Waals surface area contributed by atoms with Crippen LogP contribution in [-0.4, -0.2) is 66.0 Å². The Morgan fingerprint density at radius 2 is 1.92 bits per heavy atom. The third-order valence-electron chi connectivity index (χ3n) is 4.87. The lowest BCUT2D eigenvalue weighted by atomic mass is 9.96. The lowest BCUT2D eigenvalue weighted by molar-refractivity contribution is -0.137. The predicted octanol–water partition coefficient (Wildman–Crippen LogP) is 0.393. The van der Waals surface area contributed by atoms with Crippen molar-refractivity contribution in [3.05, 3.63) is 23.9 Å². The zero-order valence-corrected chi connectivity index (χ0v) is 14.1. The van der Waals surface area contributed by atoms with Crippen molar-refractivity contribution in [1.82, 2.24) is 14.8 Å². The van der Waals surface area contributed by atoms with Gasteiger partial charge in [0.25, 0.3) is 0 Å². The van der Waals surface area contributed by atoms with E-state index in [4.69, 9.17) is 11.0 Å². The fraction of sp³-hybridized carbons (Fsp3) is 0.529. The van der Waals surface area contributed by atoms with Crippen LogP contribution in [0.25, 0.3) is 0 Å². The predicted molar refractivity (Wildman–Crippen MR) is 91.6 cm³/mol. The van der Waals surface area contributed by atoms with Gasteiger partial charge in [-0.25, -0.2) is 9.78 Å². The molecule has 0 radical (unpaired) electrons. The number of rotatable bonds is 2. The summed E-state index contributed by atoms with van der Waals surface area (Å²) in [5, 5.41) is 8.83. The molecule has 2 aliphatic heterocycles. The van der Waals surface area contributed by atoms with Crippen molar-refractivity contribution < 1.29 is 9.59 Å². The molecule has 0 unspecified atom stereocenters. The van der Waals surface area contributed by atoms with Crippen LogP contribution in [0.4, 0.5) is 10.6 Å². The number of carbonyl (C=O) groups excluding carboxylic acids is 2. The van der Waals surface area contributed by atoms with E-state index < -0.39 is 6.03 Å². The van der Waals surface area contributed by atoms with Gasteiger partial charge in [0, 0.05) is 45.5 Å². The normalized spacial score (nSPS) is 20.9. The van der Waals surface area contributed by atoms with E-state index in [0.29, 0.717) is 44.8 Å². The van der Waals surface area contributed by atoms with Gasteiger partial charge in [-0.3, -0.25) is 4.79 Å². The number of nitrogens with two attached hydrogens (primary N) is 1. The molecule has 0 bridgehead atoms. The molecular weight excluding hydrogens is 320 g/mol. The first-order valence-electron chi connectivity index (χ1n) is 8.53. The molecule has 3 rings (SSSR count). The topological polar surface area (TPSA) is 107 Å². The highest BCUT2D eigenvalue weighted by Gasteiger charge is 2.32. The molecule has 2 N–H and O–H groups in total. The van der Waals surface area contributed by atoms with Crippen LogP contribution < -0.4 is 10.6 Å². The maximum atomic E-state index is 12.7. The molecule has 0 saturated carbocycles. The zero-order chi connectivity index (χ0) is 17.8. The van der Waals surface area contributed by atoms with Gasteiger partial charge in [-0.05, 0) is 25.0 Å². The monoisotopic (exact) mass is 342 g/mol. The molecule has 1 aromatic heterocycles. The number of nitriles is 1. The lowest BCUT2D eigenvalue weighted by Gasteiger charge is -2.39. The van der Waals surface area contributed by atoms with E-state index in [9.17, 15) is 9.59 Å². The average Bonchev–Trinajstić information content (AvgIpc) is 2.67. The number of carbonyl (C=O) groups is 2. The summed E-state index contributed by atoms with van der Waals surface area (Å²) in [6.45, 7) is 3.73. The maximum Gasteiger partial charge on any atom is 0.314 e. The molecule has 0 spiro atoms. The summed E-state index contributed by atoms with van der Waals surface area (Å²) in [6.07, 6.45) is 3.18. The van der Waals surface area contributed by atoms with Gasteiger partial charge in [0.05, 0.1) is 11.5 Å². The average molecular weight is 342 g/mol. The molecule has 0 aliphatic carbocycles. The quantitative estimate of drug-likeness (QED) is 0.837. The summed E-state index contributed by atoms with van der Waals surface area (Å²) in [4.78, 5) is 33.9. The lowest BCUT2D eigenvalue weighted by Crippen LogP contribution is -2.53. The van der Waals surface area contributed by atoms with E-state index in [1.807, 2.05) is 11.0 Å². The van der Waals surface area contributed by atoms with Crippen LogP contribution in [0.3, 0.4) is 0 Å². The Labute approximate surface area is 146 Å². The summed E-state index contributed by atoms with van der Waals surface area (Å²) in [7, 11) is 0. The van der Waals surface area contributed by atoms with Crippen LogP contribution in [0.1, 0.15) is 18.4 Å². The second kappa shape index (κ2) is 7.38. The highest BCUT2D eigenvalue weighted by atomic mass is 16.2. The molecule has 0 aromatic carbocycles. The molecule has 1 atom stereocenters. The van der Waals surface area contributed by atoms with Gasteiger partial charge < -0.3 is 20.4 Å². The minimum absolute atomic E-state index is 0.110. The number of piperazine rings is 1. The van der Waals surface area contributed by atoms with Crippen molar-refractivity contribution in [2.75, 3.05) is 44.2 Å². The largest absolute Gasteiger partial charge is 0.353 e. The first kappa shape index (κ1) is 17.0. The number of amides is 3. The second-order valence-corrected chi connectivity index (χ2v) is 6.45. The molecule has 3 amide bonds. The number of pyridine rings is 1. The number of hydrogen-bond donors (Lipinski definition) is 1. The number of aromatic nitrogens is 1. The number of anilines is 1. The number of nitrogens with zero attached hydrogens (tertiary/aromatic N) is 5. The van der Waals surface area contributed by atoms with Gasteiger partial charge in [0.15, 0.2) is 0 Å². The van der Waals surface area contributed by atoms with E-state index in [2.05, 4.69) is 16.0 Å². The number of likely N-dealkylation sites (tertiary alicyclic amines) is 1. The molecule has 2 saturated heterocycles. The fourth-order valence-corrected chi connectivity index (χ4v) is 3.43. The van der Waals surface area contributed by atoms with Crippen molar-refractivity contribution >= 4 is 17.8 Å². The molecule has 8 nitrogen and oxygen atoms in total. The minimum atomic E-state index is -0.450. The summed E-state index contributed by atoms with van der Waals surface area (Å²) < 4.78 is 0. The molecule has 1 aromatic rings. The smallest absolute Gasteiger partial charge is 0.314 e. The molecule has 3 heterocycles. The van der Waals surface area contributed by atoms with Crippen LogP contribution in [0, 0.1) is 17.2 Å². The summed E-state index contributed by atoms with van der Waals surface area (Å²) >= 11 is 0. The second-order valence-electron chi connectivity index (χ2n) is 6.45. The first-order chi connectivity index (χ1) is 12.1. The zero-order valence-electron chi connectivity index (χ0n) is 14.1. The molecule has 8 heteroatoms. The van der Waals surface area contributed by atoms with Crippen LogP contribution in [0.15, 0.2) is 18.3 Å². The number of primary amides is 1. The summed E-state index contributed by atoms with van der Waals surface area (Å²) in [5.74, 6) is 0.780. The Bertz CT molecular complexity index is 675. The first-order valence-corrected chi connectivity index (χ1v) is 8.53. The van der Waals surface area contributed by atoms with Gasteiger partial charge in [0.2, 0.25) is 5.91 Å². The Morgan fingerprint density at radius 1 is 1.16 bits per heavy atom. The van der Waals surface area contributed by atoms with Gasteiger partial charge in [-0.1, -0.05) is 0 Å². The van der Waals surface area contributed by atoms with Crippen molar-refractivity contribution in [2.45, 2.75) is 12.8 Å². The number of urea groups is 1. The van der Waals surface area contributed by atoms with Crippen LogP contribution >= 0.6 is 0 Å². The highest BCUT2D eigenvalue weighted by Crippen LogP contribution is 2.21. The standard InChI is InChI=1S/C17H22N6O2/c18-10-13-3-4-15(20-11-13)21-6-8-22(9-7-21)16(24)14-2-1-5-23(12-14)17(19)25/h3-4,11,14H,1-2,5-9,12H2,(H2,19,25)/t14-/m0/s1. The molecular formula is C17H22N6O2. The van der Waals surface area contributed by atoms with E-state index in [1.165, 1.54) is 0 Å². The Kier molecular flexibility index (Phi) is 5.03. The van der Waals surface area contributed by atoms with E-state index in [-0.39, 0.29) is 11.8 Å². The van der Waals surface area contributed by atoms with Crippen LogP contribution in [0.2, 0.25) is 0 Å². The fourth-order valence-electron chi connectivity index (χ4n) is 3.43. The van der Waals surface area contributed by atoms with Crippen LogP contribution in [-0.2, 0) is 4.79 Å². The summed E-state index contributed by atoms with van der Waals surface area (Å²) in [6, 6.07) is 5.19. The van der Waals surface area contributed by atoms with Crippen molar-refractivity contribution in [3.8, 4) is 6.07 Å². The third-order valence-corrected chi connectivity index (χ3v) is 4.87. The van der Waals surface area contributed by atoms with Gasteiger partial charge in [-0.15, -0.1) is 0 Å². The molecule has 2 aliphatic rings. The number of hydrogen-bond acceptors (Lipinski definition) is 5. The van der Waals surface area contributed by atoms with E-state index >= 15 is 0 Å². The summed E-state index contributed by atoms with van der Waals surface area (Å²) in [5.41, 5.74) is 5.88. The van der Waals surface area contributed by atoms with Crippen molar-refractivity contribution in [1.29, 1.82) is 5.26 Å².